The fraction of sp³-hybridized carbons (Fsp3) is 0.895. The van der Waals surface area contributed by atoms with Crippen molar-refractivity contribution in [1.82, 2.24) is 0 Å². The molecule has 0 spiro atoms. The fourth-order valence-electron chi connectivity index (χ4n) is 2.51. The standard InChI is InChI=1S/C19H38N2O4/c1-17(2,3)24-15(22)19(11-7-9-13-20,12-8-10-14-21)16(23)25-18(4,5)6/h7-14,20-21H2,1-6H3. The third kappa shape index (κ3) is 9.21. The van der Waals surface area contributed by atoms with Gasteiger partial charge in [0, 0.05) is 0 Å². The minimum atomic E-state index is -1.30. The number of hydrogen-bond acceptors (Lipinski definition) is 6. The van der Waals surface area contributed by atoms with Crippen molar-refractivity contribution in [3.05, 3.63) is 0 Å². The van der Waals surface area contributed by atoms with Crippen LogP contribution in [0.1, 0.15) is 80.1 Å². The first-order chi connectivity index (χ1) is 11.4. The van der Waals surface area contributed by atoms with Gasteiger partial charge in [-0.15, -0.1) is 0 Å². The Morgan fingerprint density at radius 2 is 1.00 bits per heavy atom. The van der Waals surface area contributed by atoms with Crippen molar-refractivity contribution in [2.24, 2.45) is 16.9 Å². The highest BCUT2D eigenvalue weighted by atomic mass is 16.6. The summed E-state index contributed by atoms with van der Waals surface area (Å²) in [7, 11) is 0. The van der Waals surface area contributed by atoms with Crippen LogP contribution in [0, 0.1) is 5.41 Å². The molecule has 0 bridgehead atoms. The second kappa shape index (κ2) is 10.1. The van der Waals surface area contributed by atoms with Crippen molar-refractivity contribution < 1.29 is 19.1 Å². The molecule has 0 saturated carbocycles. The van der Waals surface area contributed by atoms with Crippen LogP contribution in [0.2, 0.25) is 0 Å². The summed E-state index contributed by atoms with van der Waals surface area (Å²) in [4.78, 5) is 26.0. The first-order valence-corrected chi connectivity index (χ1v) is 9.25. The van der Waals surface area contributed by atoms with E-state index in [4.69, 9.17) is 20.9 Å². The molecule has 0 aliphatic heterocycles. The van der Waals surface area contributed by atoms with E-state index >= 15 is 0 Å². The number of carbonyl (C=O) groups excluding carboxylic acids is 2. The Labute approximate surface area is 153 Å². The molecule has 0 aromatic rings. The van der Waals surface area contributed by atoms with Crippen LogP contribution in [0.3, 0.4) is 0 Å². The summed E-state index contributed by atoms with van der Waals surface area (Å²) >= 11 is 0. The van der Waals surface area contributed by atoms with Crippen molar-refractivity contribution in [3.8, 4) is 0 Å². The summed E-state index contributed by atoms with van der Waals surface area (Å²) in [5.41, 5.74) is 8.52. The van der Waals surface area contributed by atoms with Gasteiger partial charge in [-0.2, -0.15) is 0 Å². The second-order valence-corrected chi connectivity index (χ2v) is 8.58. The van der Waals surface area contributed by atoms with Crippen LogP contribution in [0.4, 0.5) is 0 Å². The lowest BCUT2D eigenvalue weighted by atomic mass is 9.77. The number of esters is 2. The van der Waals surface area contributed by atoms with E-state index in [1.807, 2.05) is 0 Å². The quantitative estimate of drug-likeness (QED) is 0.353. The van der Waals surface area contributed by atoms with E-state index in [-0.39, 0.29) is 0 Å². The molecule has 6 nitrogen and oxygen atoms in total. The highest BCUT2D eigenvalue weighted by molar-refractivity contribution is 6.00. The topological polar surface area (TPSA) is 105 Å². The zero-order valence-corrected chi connectivity index (χ0v) is 16.9. The van der Waals surface area contributed by atoms with Crippen LogP contribution in [-0.2, 0) is 19.1 Å². The first-order valence-electron chi connectivity index (χ1n) is 9.25. The van der Waals surface area contributed by atoms with Crippen molar-refractivity contribution >= 4 is 11.9 Å². The molecule has 0 aromatic carbocycles. The minimum absolute atomic E-state index is 0.374. The molecule has 0 rings (SSSR count). The molecule has 0 aromatic heterocycles. The summed E-state index contributed by atoms with van der Waals surface area (Å²) in [6.45, 7) is 11.8. The predicted octanol–water partition coefficient (Wildman–Crippen LogP) is 2.91. The van der Waals surface area contributed by atoms with Gasteiger partial charge in [0.05, 0.1) is 0 Å². The summed E-state index contributed by atoms with van der Waals surface area (Å²) < 4.78 is 11.2. The van der Waals surface area contributed by atoms with E-state index in [1.54, 1.807) is 41.5 Å². The molecule has 25 heavy (non-hydrogen) atoms. The Balaban J connectivity index is 5.67. The van der Waals surface area contributed by atoms with Gasteiger partial charge in [0.1, 0.15) is 11.2 Å². The van der Waals surface area contributed by atoms with E-state index in [0.29, 0.717) is 38.8 Å². The first kappa shape index (κ1) is 23.9. The summed E-state index contributed by atoms with van der Waals surface area (Å²) in [5, 5.41) is 0. The molecule has 0 atom stereocenters. The number of nitrogens with two attached hydrogens (primary N) is 2. The molecule has 0 saturated heterocycles. The lowest BCUT2D eigenvalue weighted by Crippen LogP contribution is -2.47. The second-order valence-electron chi connectivity index (χ2n) is 8.58. The molecule has 0 radical (unpaired) electrons. The minimum Gasteiger partial charge on any atom is -0.459 e. The van der Waals surface area contributed by atoms with Gasteiger partial charge in [-0.25, -0.2) is 0 Å². The van der Waals surface area contributed by atoms with Gasteiger partial charge < -0.3 is 20.9 Å². The number of carbonyl (C=O) groups is 2. The number of unbranched alkanes of at least 4 members (excludes halogenated alkanes) is 2. The van der Waals surface area contributed by atoms with Gasteiger partial charge in [-0.1, -0.05) is 12.8 Å². The largest absolute Gasteiger partial charge is 0.459 e. The van der Waals surface area contributed by atoms with E-state index in [0.717, 1.165) is 12.8 Å². The molecule has 0 aliphatic rings. The van der Waals surface area contributed by atoms with Gasteiger partial charge in [0.2, 0.25) is 0 Å². The van der Waals surface area contributed by atoms with Gasteiger partial charge in [0.15, 0.2) is 5.41 Å². The Morgan fingerprint density at radius 3 is 1.24 bits per heavy atom. The average Bonchev–Trinajstić information content (AvgIpc) is 2.42. The maximum Gasteiger partial charge on any atom is 0.324 e. The monoisotopic (exact) mass is 358 g/mol. The maximum atomic E-state index is 13.0. The van der Waals surface area contributed by atoms with Crippen LogP contribution >= 0.6 is 0 Å². The number of rotatable bonds is 10. The van der Waals surface area contributed by atoms with E-state index in [9.17, 15) is 9.59 Å². The zero-order valence-electron chi connectivity index (χ0n) is 16.9. The number of ether oxygens (including phenoxy) is 2. The van der Waals surface area contributed by atoms with E-state index in [2.05, 4.69) is 0 Å². The molecular weight excluding hydrogens is 320 g/mol. The summed E-state index contributed by atoms with van der Waals surface area (Å²) in [6, 6.07) is 0. The van der Waals surface area contributed by atoms with Crippen molar-refractivity contribution in [3.63, 3.8) is 0 Å². The van der Waals surface area contributed by atoms with Gasteiger partial charge in [-0.3, -0.25) is 9.59 Å². The third-order valence-electron chi connectivity index (χ3n) is 3.69. The molecule has 0 heterocycles. The average molecular weight is 359 g/mol. The molecule has 4 N–H and O–H groups in total. The predicted molar refractivity (Wildman–Crippen MR) is 99.9 cm³/mol. The van der Waals surface area contributed by atoms with E-state index in [1.165, 1.54) is 0 Å². The van der Waals surface area contributed by atoms with E-state index < -0.39 is 28.6 Å². The lowest BCUT2D eigenvalue weighted by molar-refractivity contribution is -0.187. The van der Waals surface area contributed by atoms with Crippen molar-refractivity contribution in [1.29, 1.82) is 0 Å². The van der Waals surface area contributed by atoms with Gasteiger partial charge in [0.25, 0.3) is 0 Å². The van der Waals surface area contributed by atoms with Crippen LogP contribution in [0.25, 0.3) is 0 Å². The summed E-state index contributed by atoms with van der Waals surface area (Å²) in [5.74, 6) is -1.02. The van der Waals surface area contributed by atoms with Crippen molar-refractivity contribution in [2.45, 2.75) is 91.3 Å². The Hall–Kier alpha value is -1.14. The van der Waals surface area contributed by atoms with Crippen LogP contribution in [0.15, 0.2) is 0 Å². The molecular formula is C19H38N2O4. The fourth-order valence-corrected chi connectivity index (χ4v) is 2.51. The Kier molecular flexibility index (Phi) is 9.66. The Bertz CT molecular complexity index is 382. The molecule has 0 amide bonds. The summed E-state index contributed by atoms with van der Waals surface area (Å²) in [6.07, 6.45) is 3.56. The van der Waals surface area contributed by atoms with Gasteiger partial charge in [-0.05, 0) is 80.3 Å². The Morgan fingerprint density at radius 1 is 0.680 bits per heavy atom. The van der Waals surface area contributed by atoms with Crippen molar-refractivity contribution in [2.75, 3.05) is 13.1 Å². The smallest absolute Gasteiger partial charge is 0.324 e. The lowest BCUT2D eigenvalue weighted by Gasteiger charge is -2.35. The van der Waals surface area contributed by atoms with Crippen LogP contribution in [-0.4, -0.2) is 36.2 Å². The molecule has 0 unspecified atom stereocenters. The normalized spacial score (nSPS) is 12.8. The highest BCUT2D eigenvalue weighted by Crippen LogP contribution is 2.37. The SMILES string of the molecule is CC(C)(C)OC(=O)C(CCCCN)(CCCCN)C(=O)OC(C)(C)C. The number of hydrogen-bond donors (Lipinski definition) is 2. The van der Waals surface area contributed by atoms with Crippen LogP contribution in [0.5, 0.6) is 0 Å². The highest BCUT2D eigenvalue weighted by Gasteiger charge is 2.49. The maximum absolute atomic E-state index is 13.0. The molecule has 0 fully saturated rings. The van der Waals surface area contributed by atoms with Crippen LogP contribution < -0.4 is 11.5 Å². The molecule has 0 aliphatic carbocycles. The molecule has 148 valence electrons. The van der Waals surface area contributed by atoms with Gasteiger partial charge >= 0.3 is 11.9 Å². The molecule has 6 heteroatoms. The third-order valence-corrected chi connectivity index (χ3v) is 3.69. The zero-order chi connectivity index (χ0) is 19.7.